The fourth-order valence-electron chi connectivity index (χ4n) is 2.29. The van der Waals surface area contributed by atoms with Crippen molar-refractivity contribution in [1.29, 1.82) is 10.5 Å². The Labute approximate surface area is 165 Å². The van der Waals surface area contributed by atoms with Crippen LogP contribution in [0.5, 0.6) is 0 Å². The van der Waals surface area contributed by atoms with Crippen LogP contribution in [-0.2, 0) is 0 Å². The Balaban J connectivity index is 1.94. The Bertz CT molecular complexity index is 1030. The SMILES string of the molecule is N#CC(C#N)=c1nc(-c2ccccc2)c(=C2SC3=C(SCCS3)S2)s1. The summed E-state index contributed by atoms with van der Waals surface area (Å²) in [6, 6.07) is 13.9. The van der Waals surface area contributed by atoms with Crippen molar-refractivity contribution in [2.45, 2.75) is 0 Å². The van der Waals surface area contributed by atoms with Gasteiger partial charge in [-0.1, -0.05) is 53.9 Å². The molecule has 0 aliphatic carbocycles. The zero-order valence-electron chi connectivity index (χ0n) is 12.7. The lowest BCUT2D eigenvalue weighted by Gasteiger charge is -2.08. The molecular formula is C17H9N3S5. The molecule has 0 fully saturated rings. The van der Waals surface area contributed by atoms with Crippen molar-refractivity contribution in [3.63, 3.8) is 0 Å². The average molecular weight is 416 g/mol. The van der Waals surface area contributed by atoms with E-state index in [4.69, 9.17) is 0 Å². The summed E-state index contributed by atoms with van der Waals surface area (Å²) in [5.41, 5.74) is 1.94. The predicted octanol–water partition coefficient (Wildman–Crippen LogP) is 4.16. The summed E-state index contributed by atoms with van der Waals surface area (Å²) in [6.45, 7) is 0. The third-order valence-corrected chi connectivity index (χ3v) is 10.5. The maximum absolute atomic E-state index is 9.21. The first kappa shape index (κ1) is 17.1. The van der Waals surface area contributed by atoms with Gasteiger partial charge in [-0.3, -0.25) is 0 Å². The minimum Gasteiger partial charge on any atom is -0.234 e. The molecule has 0 bridgehead atoms. The minimum atomic E-state index is 0.0727. The first-order chi connectivity index (χ1) is 12.3. The highest BCUT2D eigenvalue weighted by molar-refractivity contribution is 8.46. The maximum Gasteiger partial charge on any atom is 0.165 e. The Morgan fingerprint density at radius 3 is 2.16 bits per heavy atom. The molecule has 2 aliphatic heterocycles. The molecule has 3 heterocycles. The Hall–Kier alpha value is -1.29. The molecule has 0 radical (unpaired) electrons. The van der Waals surface area contributed by atoms with Gasteiger partial charge in [0.05, 0.1) is 22.9 Å². The first-order valence-electron chi connectivity index (χ1n) is 7.27. The Morgan fingerprint density at radius 2 is 1.56 bits per heavy atom. The summed E-state index contributed by atoms with van der Waals surface area (Å²) in [5, 5.41) is 18.4. The second-order valence-electron chi connectivity index (χ2n) is 4.92. The first-order valence-corrected chi connectivity index (χ1v) is 11.7. The fourth-order valence-corrected chi connectivity index (χ4v) is 9.47. The van der Waals surface area contributed by atoms with Gasteiger partial charge in [-0.05, 0) is 0 Å². The second kappa shape index (κ2) is 7.53. The fraction of sp³-hybridized carbons (Fsp3) is 0.118. The van der Waals surface area contributed by atoms with Gasteiger partial charge < -0.3 is 0 Å². The van der Waals surface area contributed by atoms with Crippen LogP contribution in [0.15, 0.2) is 38.8 Å². The van der Waals surface area contributed by atoms with Crippen LogP contribution in [0.1, 0.15) is 0 Å². The van der Waals surface area contributed by atoms with Gasteiger partial charge >= 0.3 is 0 Å². The van der Waals surface area contributed by atoms with Crippen LogP contribution in [0.3, 0.4) is 0 Å². The molecule has 0 saturated heterocycles. The standard InChI is InChI=1S/C17H9N3S5/c18-8-11(9-19)14-20-12(10-4-2-1-3-5-10)13(23-14)15-24-16-17(25-15)22-7-6-21-16/h1-5H,6-7H2. The minimum absolute atomic E-state index is 0.0727. The van der Waals surface area contributed by atoms with E-state index in [0.29, 0.717) is 4.66 Å². The van der Waals surface area contributed by atoms with Crippen LogP contribution < -0.4 is 9.20 Å². The second-order valence-corrected chi connectivity index (χ2v) is 11.0. The molecule has 1 aromatic heterocycles. The normalized spacial score (nSPS) is 16.3. The van der Waals surface area contributed by atoms with Gasteiger partial charge in [0.25, 0.3) is 0 Å². The van der Waals surface area contributed by atoms with Crippen molar-refractivity contribution < 1.29 is 0 Å². The van der Waals surface area contributed by atoms with Gasteiger partial charge in [-0.15, -0.1) is 34.9 Å². The molecule has 122 valence electrons. The van der Waals surface area contributed by atoms with Gasteiger partial charge in [0, 0.05) is 17.1 Å². The van der Waals surface area contributed by atoms with E-state index in [1.165, 1.54) is 24.0 Å². The summed E-state index contributed by atoms with van der Waals surface area (Å²) >= 11 is 8.85. The summed E-state index contributed by atoms with van der Waals surface area (Å²) in [4.78, 5) is 4.64. The van der Waals surface area contributed by atoms with Crippen LogP contribution in [0.2, 0.25) is 0 Å². The number of thiazole rings is 1. The molecule has 0 atom stereocenters. The molecule has 0 spiro atoms. The summed E-state index contributed by atoms with van der Waals surface area (Å²) < 4.78 is 5.49. The number of hydrogen-bond donors (Lipinski definition) is 0. The number of aromatic nitrogens is 1. The van der Waals surface area contributed by atoms with Gasteiger partial charge in [-0.2, -0.15) is 10.5 Å². The van der Waals surface area contributed by atoms with Gasteiger partial charge in [0.15, 0.2) is 5.57 Å². The molecule has 2 aliphatic rings. The zero-order valence-corrected chi connectivity index (χ0v) is 16.8. The highest BCUT2D eigenvalue weighted by atomic mass is 32.3. The largest absolute Gasteiger partial charge is 0.234 e. The van der Waals surface area contributed by atoms with E-state index in [-0.39, 0.29) is 5.57 Å². The lowest BCUT2D eigenvalue weighted by atomic mass is 10.2. The quantitative estimate of drug-likeness (QED) is 0.693. The molecule has 2 aromatic rings. The molecule has 0 amide bonds. The molecule has 0 unspecified atom stereocenters. The monoisotopic (exact) mass is 415 g/mol. The summed E-state index contributed by atoms with van der Waals surface area (Å²) in [7, 11) is 0. The molecule has 1 aromatic carbocycles. The molecule has 3 nitrogen and oxygen atoms in total. The van der Waals surface area contributed by atoms with E-state index in [0.717, 1.165) is 27.3 Å². The third kappa shape index (κ3) is 3.38. The lowest BCUT2D eigenvalue weighted by molar-refractivity contribution is 1.33. The third-order valence-electron chi connectivity index (χ3n) is 3.38. The van der Waals surface area contributed by atoms with E-state index < -0.39 is 0 Å². The van der Waals surface area contributed by atoms with Crippen LogP contribution in [-0.4, -0.2) is 16.5 Å². The van der Waals surface area contributed by atoms with Crippen molar-refractivity contribution in [1.82, 2.24) is 4.98 Å². The van der Waals surface area contributed by atoms with E-state index in [1.54, 1.807) is 23.5 Å². The predicted molar refractivity (Wildman–Crippen MR) is 112 cm³/mol. The van der Waals surface area contributed by atoms with Crippen molar-refractivity contribution >= 4 is 68.2 Å². The molecule has 25 heavy (non-hydrogen) atoms. The number of rotatable bonds is 1. The molecule has 0 N–H and O–H groups in total. The Kier molecular flexibility index (Phi) is 5.16. The number of nitriles is 2. The van der Waals surface area contributed by atoms with Gasteiger partial charge in [0.2, 0.25) is 0 Å². The molecule has 8 heteroatoms. The van der Waals surface area contributed by atoms with Gasteiger partial charge in [-0.25, -0.2) is 4.98 Å². The topological polar surface area (TPSA) is 60.5 Å². The van der Waals surface area contributed by atoms with E-state index in [1.807, 2.05) is 66.0 Å². The van der Waals surface area contributed by atoms with Crippen LogP contribution in [0.25, 0.3) is 21.1 Å². The molecule has 0 saturated carbocycles. The number of hydrogen-bond acceptors (Lipinski definition) is 8. The van der Waals surface area contributed by atoms with Crippen LogP contribution in [0.4, 0.5) is 0 Å². The van der Waals surface area contributed by atoms with Gasteiger partial charge in [0.1, 0.15) is 16.8 Å². The number of nitrogens with zero attached hydrogens (tertiary/aromatic N) is 3. The van der Waals surface area contributed by atoms with Crippen LogP contribution in [0, 0.1) is 22.7 Å². The van der Waals surface area contributed by atoms with E-state index in [2.05, 4.69) is 4.98 Å². The average Bonchev–Trinajstić information content (AvgIpc) is 3.28. The lowest BCUT2D eigenvalue weighted by Crippen LogP contribution is -2.01. The van der Waals surface area contributed by atoms with E-state index >= 15 is 0 Å². The Morgan fingerprint density at radius 1 is 0.920 bits per heavy atom. The maximum atomic E-state index is 9.21. The highest BCUT2D eigenvalue weighted by Crippen LogP contribution is 2.59. The molecular weight excluding hydrogens is 407 g/mol. The summed E-state index contributed by atoms with van der Waals surface area (Å²) in [5.74, 6) is 2.29. The number of benzene rings is 1. The van der Waals surface area contributed by atoms with Crippen molar-refractivity contribution in [2.24, 2.45) is 0 Å². The summed E-state index contributed by atoms with van der Waals surface area (Å²) in [6.07, 6.45) is 0. The molecule has 4 rings (SSSR count). The van der Waals surface area contributed by atoms with Crippen LogP contribution >= 0.6 is 58.4 Å². The smallest absolute Gasteiger partial charge is 0.165 e. The number of thioether (sulfide) groups is 4. The van der Waals surface area contributed by atoms with E-state index in [9.17, 15) is 10.5 Å². The van der Waals surface area contributed by atoms with Crippen molar-refractivity contribution in [3.8, 4) is 23.4 Å². The highest BCUT2D eigenvalue weighted by Gasteiger charge is 2.27. The van der Waals surface area contributed by atoms with Crippen molar-refractivity contribution in [2.75, 3.05) is 11.5 Å². The van der Waals surface area contributed by atoms with Crippen molar-refractivity contribution in [3.05, 3.63) is 48.0 Å². The zero-order chi connectivity index (χ0) is 17.2.